The highest BCUT2D eigenvalue weighted by atomic mass is 32.2. The van der Waals surface area contributed by atoms with Gasteiger partial charge in [-0.25, -0.2) is 9.97 Å². The van der Waals surface area contributed by atoms with E-state index in [1.165, 1.54) is 17.1 Å². The Hall–Kier alpha value is -2.12. The number of benzene rings is 1. The molecule has 0 bridgehead atoms. The highest BCUT2D eigenvalue weighted by Crippen LogP contribution is 2.31. The molecule has 4 aromatic rings. The second-order valence-electron chi connectivity index (χ2n) is 5.07. The van der Waals surface area contributed by atoms with Crippen molar-refractivity contribution in [1.29, 1.82) is 0 Å². The second kappa shape index (κ2) is 5.82. The number of nitrogens with zero attached hydrogens (tertiary/aromatic N) is 4. The Balaban J connectivity index is 1.86. The van der Waals surface area contributed by atoms with Crippen LogP contribution in [0.5, 0.6) is 5.75 Å². The van der Waals surface area contributed by atoms with Crippen molar-refractivity contribution in [3.63, 3.8) is 0 Å². The van der Waals surface area contributed by atoms with Gasteiger partial charge in [-0.3, -0.25) is 0 Å². The summed E-state index contributed by atoms with van der Waals surface area (Å²) in [4.78, 5) is 9.10. The number of aromatic nitrogens is 4. The highest BCUT2D eigenvalue weighted by molar-refractivity contribution is 7.98. The van der Waals surface area contributed by atoms with Crippen LogP contribution in [-0.4, -0.2) is 32.3 Å². The third-order valence-corrected chi connectivity index (χ3v) is 5.16. The molecule has 0 radical (unpaired) electrons. The van der Waals surface area contributed by atoms with E-state index in [1.54, 1.807) is 18.9 Å². The van der Waals surface area contributed by atoms with Crippen molar-refractivity contribution in [3.8, 4) is 5.75 Å². The van der Waals surface area contributed by atoms with Crippen molar-refractivity contribution >= 4 is 44.5 Å². The molecule has 0 aliphatic heterocycles. The molecule has 0 fully saturated rings. The fourth-order valence-corrected chi connectivity index (χ4v) is 3.72. The number of ether oxygens (including phenoxy) is 1. The topological polar surface area (TPSA) is 52.8 Å². The molecule has 116 valence electrons. The molecule has 0 aliphatic rings. The molecule has 23 heavy (non-hydrogen) atoms. The number of methoxy groups -OCH3 is 1. The SMILES string of the molecule is COc1ccc(Cn2c3cnsc3c3cnc(SC)nc32)cc1. The second-order valence-corrected chi connectivity index (χ2v) is 6.64. The first-order valence-electron chi connectivity index (χ1n) is 7.06. The first-order valence-corrected chi connectivity index (χ1v) is 9.06. The van der Waals surface area contributed by atoms with Gasteiger partial charge in [0.15, 0.2) is 5.16 Å². The molecule has 7 heteroatoms. The van der Waals surface area contributed by atoms with Gasteiger partial charge in [-0.15, -0.1) is 0 Å². The fraction of sp³-hybridized carbons (Fsp3) is 0.188. The van der Waals surface area contributed by atoms with Gasteiger partial charge < -0.3 is 9.30 Å². The molecule has 3 aromatic heterocycles. The molecule has 0 saturated heterocycles. The summed E-state index contributed by atoms with van der Waals surface area (Å²) in [6, 6.07) is 8.11. The summed E-state index contributed by atoms with van der Waals surface area (Å²) in [6.45, 7) is 0.743. The Labute approximate surface area is 141 Å². The Kier molecular flexibility index (Phi) is 3.66. The number of rotatable bonds is 4. The van der Waals surface area contributed by atoms with Gasteiger partial charge in [-0.05, 0) is 35.5 Å². The van der Waals surface area contributed by atoms with Crippen LogP contribution >= 0.6 is 23.3 Å². The summed E-state index contributed by atoms with van der Waals surface area (Å²) in [5, 5.41) is 1.85. The predicted molar refractivity (Wildman–Crippen MR) is 94.6 cm³/mol. The monoisotopic (exact) mass is 342 g/mol. The van der Waals surface area contributed by atoms with E-state index in [1.807, 2.05) is 30.8 Å². The Morgan fingerprint density at radius 3 is 2.78 bits per heavy atom. The molecular formula is C16H14N4OS2. The van der Waals surface area contributed by atoms with Crippen molar-refractivity contribution in [2.24, 2.45) is 0 Å². The summed E-state index contributed by atoms with van der Waals surface area (Å²) in [7, 11) is 1.68. The minimum absolute atomic E-state index is 0.743. The van der Waals surface area contributed by atoms with Gasteiger partial charge in [0.2, 0.25) is 0 Å². The van der Waals surface area contributed by atoms with Gasteiger partial charge in [-0.1, -0.05) is 23.9 Å². The lowest BCUT2D eigenvalue weighted by molar-refractivity contribution is 0.414. The van der Waals surface area contributed by atoms with E-state index >= 15 is 0 Å². The number of hydrogen-bond acceptors (Lipinski definition) is 6. The van der Waals surface area contributed by atoms with E-state index in [0.29, 0.717) is 0 Å². The maximum atomic E-state index is 5.22. The largest absolute Gasteiger partial charge is 0.497 e. The van der Waals surface area contributed by atoms with Crippen LogP contribution in [0.15, 0.2) is 41.8 Å². The summed E-state index contributed by atoms with van der Waals surface area (Å²) in [6.07, 6.45) is 5.80. The zero-order valence-electron chi connectivity index (χ0n) is 12.7. The summed E-state index contributed by atoms with van der Waals surface area (Å²) < 4.78 is 12.9. The zero-order chi connectivity index (χ0) is 15.8. The lowest BCUT2D eigenvalue weighted by Crippen LogP contribution is -2.01. The summed E-state index contributed by atoms with van der Waals surface area (Å²) in [5.74, 6) is 0.862. The maximum absolute atomic E-state index is 5.22. The van der Waals surface area contributed by atoms with Gasteiger partial charge in [0.25, 0.3) is 0 Å². The lowest BCUT2D eigenvalue weighted by Gasteiger charge is -2.07. The number of thioether (sulfide) groups is 1. The van der Waals surface area contributed by atoms with Gasteiger partial charge in [0.05, 0.1) is 28.9 Å². The molecule has 3 heterocycles. The van der Waals surface area contributed by atoms with E-state index in [2.05, 4.69) is 26.1 Å². The first-order chi connectivity index (χ1) is 11.3. The lowest BCUT2D eigenvalue weighted by atomic mass is 10.2. The minimum Gasteiger partial charge on any atom is -0.497 e. The van der Waals surface area contributed by atoms with E-state index in [4.69, 9.17) is 9.72 Å². The van der Waals surface area contributed by atoms with Crippen molar-refractivity contribution < 1.29 is 4.74 Å². The average molecular weight is 342 g/mol. The number of fused-ring (bicyclic) bond motifs is 3. The average Bonchev–Trinajstić information content (AvgIpc) is 3.18. The van der Waals surface area contributed by atoms with Gasteiger partial charge >= 0.3 is 0 Å². The zero-order valence-corrected chi connectivity index (χ0v) is 14.3. The molecule has 5 nitrogen and oxygen atoms in total. The van der Waals surface area contributed by atoms with Crippen LogP contribution in [0.25, 0.3) is 21.3 Å². The molecule has 0 aliphatic carbocycles. The van der Waals surface area contributed by atoms with E-state index in [0.717, 1.165) is 38.7 Å². The van der Waals surface area contributed by atoms with Gasteiger partial charge in [0.1, 0.15) is 11.4 Å². The van der Waals surface area contributed by atoms with E-state index in [9.17, 15) is 0 Å². The summed E-state index contributed by atoms with van der Waals surface area (Å²) in [5.41, 5.74) is 3.26. The van der Waals surface area contributed by atoms with Gasteiger partial charge in [0, 0.05) is 12.7 Å². The molecule has 0 spiro atoms. The normalized spacial score (nSPS) is 11.4. The Bertz CT molecular complexity index is 975. The van der Waals surface area contributed by atoms with Crippen molar-refractivity contribution in [1.82, 2.24) is 18.9 Å². The third kappa shape index (κ3) is 2.46. The number of hydrogen-bond donors (Lipinski definition) is 0. The molecule has 4 rings (SSSR count). The summed E-state index contributed by atoms with van der Waals surface area (Å²) >= 11 is 3.04. The molecule has 0 atom stereocenters. The van der Waals surface area contributed by atoms with Crippen LogP contribution in [0.3, 0.4) is 0 Å². The molecule has 0 amide bonds. The van der Waals surface area contributed by atoms with Crippen LogP contribution < -0.4 is 4.74 Å². The van der Waals surface area contributed by atoms with Crippen LogP contribution in [0.2, 0.25) is 0 Å². The van der Waals surface area contributed by atoms with Crippen molar-refractivity contribution in [2.45, 2.75) is 11.7 Å². The van der Waals surface area contributed by atoms with Crippen LogP contribution in [0.1, 0.15) is 5.56 Å². The van der Waals surface area contributed by atoms with Crippen LogP contribution in [-0.2, 0) is 6.54 Å². The van der Waals surface area contributed by atoms with E-state index in [-0.39, 0.29) is 0 Å². The highest BCUT2D eigenvalue weighted by Gasteiger charge is 2.15. The Morgan fingerprint density at radius 2 is 2.04 bits per heavy atom. The standard InChI is InChI=1S/C16H14N4OS2/c1-21-11-5-3-10(4-6-11)9-20-13-8-18-23-14(13)12-7-17-16(22-2)19-15(12)20/h3-8H,9H2,1-2H3. The predicted octanol–water partition coefficient (Wildman–Crippen LogP) is 3.82. The van der Waals surface area contributed by atoms with Crippen molar-refractivity contribution in [2.75, 3.05) is 13.4 Å². The van der Waals surface area contributed by atoms with Crippen LogP contribution in [0.4, 0.5) is 0 Å². The third-order valence-electron chi connectivity index (χ3n) is 3.77. The van der Waals surface area contributed by atoms with Crippen molar-refractivity contribution in [3.05, 3.63) is 42.2 Å². The Morgan fingerprint density at radius 1 is 1.22 bits per heavy atom. The van der Waals surface area contributed by atoms with E-state index < -0.39 is 0 Å². The molecular weight excluding hydrogens is 328 g/mol. The molecule has 0 saturated carbocycles. The van der Waals surface area contributed by atoms with Gasteiger partial charge in [-0.2, -0.15) is 4.37 Å². The maximum Gasteiger partial charge on any atom is 0.189 e. The minimum atomic E-state index is 0.743. The molecule has 0 unspecified atom stereocenters. The molecule has 0 N–H and O–H groups in total. The van der Waals surface area contributed by atoms with Crippen LogP contribution in [0, 0.1) is 0 Å². The quantitative estimate of drug-likeness (QED) is 0.417. The fourth-order valence-electron chi connectivity index (χ4n) is 2.62. The first kappa shape index (κ1) is 14.5. The smallest absolute Gasteiger partial charge is 0.189 e. The molecule has 1 aromatic carbocycles.